The van der Waals surface area contributed by atoms with Crippen molar-refractivity contribution in [3.05, 3.63) is 108 Å². The Morgan fingerprint density at radius 1 is 0.651 bits per heavy atom. The number of phenols is 1. The minimum absolute atomic E-state index is 0.0433. The molecule has 3 aliphatic heterocycles. The van der Waals surface area contributed by atoms with Crippen LogP contribution in [0, 0.1) is 5.92 Å². The second-order valence-electron chi connectivity index (χ2n) is 22.2. The smallest absolute Gasteiger partial charge is 0.251 e. The number of carbonyl (C=O) groups excluding carboxylic acids is 7. The molecule has 0 spiro atoms. The van der Waals surface area contributed by atoms with Crippen LogP contribution in [0.3, 0.4) is 0 Å². The summed E-state index contributed by atoms with van der Waals surface area (Å²) in [7, 11) is 1.59. The number of carbonyl (C=O) groups is 7. The van der Waals surface area contributed by atoms with Gasteiger partial charge in [-0.2, -0.15) is 0 Å². The van der Waals surface area contributed by atoms with Gasteiger partial charge in [-0.05, 0) is 91.5 Å². The average Bonchev–Trinajstić information content (AvgIpc) is 2.84. The van der Waals surface area contributed by atoms with Gasteiger partial charge >= 0.3 is 0 Å². The molecule has 25 nitrogen and oxygen atoms in total. The summed E-state index contributed by atoms with van der Waals surface area (Å²) >= 11 is 0. The molecule has 0 aromatic heterocycles. The molecule has 3 aliphatic rings. The van der Waals surface area contributed by atoms with Crippen LogP contribution in [-0.2, 0) is 33.5 Å². The number of likely N-dealkylation sites (N-methyl/N-ethyl adjacent to an activating group) is 1. The van der Waals surface area contributed by atoms with E-state index < -0.39 is 152 Å². The Labute approximate surface area is 498 Å². The fraction of sp³-hybridized carbons (Fsp3) is 0.492. The first kappa shape index (κ1) is 65.9. The summed E-state index contributed by atoms with van der Waals surface area (Å²) in [6, 6.07) is 15.2. The lowest BCUT2D eigenvalue weighted by molar-refractivity contribution is -0.149. The van der Waals surface area contributed by atoms with Crippen molar-refractivity contribution >= 4 is 41.4 Å². The summed E-state index contributed by atoms with van der Waals surface area (Å²) in [5.74, 6) is -8.28. The number of nitrogens with zero attached hydrogens (tertiary/aromatic N) is 2. The molecule has 4 aromatic carbocycles. The normalized spacial score (nSPS) is 26.8. The van der Waals surface area contributed by atoms with E-state index in [1.807, 2.05) is 48.5 Å². The van der Waals surface area contributed by atoms with Crippen LogP contribution in [-0.4, -0.2) is 211 Å². The number of fused-ring (bicyclic) bond motifs is 2. The third-order valence-electron chi connectivity index (χ3n) is 15.7. The van der Waals surface area contributed by atoms with E-state index in [0.717, 1.165) is 70.9 Å². The fourth-order valence-corrected chi connectivity index (χ4v) is 10.7. The molecule has 25 heteroatoms. The largest absolute Gasteiger partial charge is 0.508 e. The lowest BCUT2D eigenvalue weighted by atomic mass is 9.96. The number of nitrogens with one attached hydrogen (secondary N) is 6. The number of aliphatic hydroxyl groups is 7. The molecule has 0 bridgehead atoms. The van der Waals surface area contributed by atoms with Gasteiger partial charge in [-0.3, -0.25) is 33.6 Å². The van der Waals surface area contributed by atoms with Gasteiger partial charge in [0, 0.05) is 44.0 Å². The first-order valence-electron chi connectivity index (χ1n) is 28.9. The Balaban J connectivity index is 1.22. The maximum atomic E-state index is 14.7. The Morgan fingerprint density at radius 2 is 1.20 bits per heavy atom. The highest BCUT2D eigenvalue weighted by Gasteiger charge is 2.50. The van der Waals surface area contributed by atoms with Crippen LogP contribution in [0.4, 0.5) is 0 Å². The third-order valence-corrected chi connectivity index (χ3v) is 15.7. The van der Waals surface area contributed by atoms with Crippen LogP contribution in [0.15, 0.2) is 97.1 Å². The topological polar surface area (TPSA) is 378 Å². The first-order chi connectivity index (χ1) is 41.0. The summed E-state index contributed by atoms with van der Waals surface area (Å²) in [4.78, 5) is 103. The van der Waals surface area contributed by atoms with Crippen LogP contribution >= 0.6 is 0 Å². The van der Waals surface area contributed by atoms with Gasteiger partial charge in [0.05, 0.1) is 37.6 Å². The van der Waals surface area contributed by atoms with E-state index in [-0.39, 0.29) is 36.6 Å². The molecule has 86 heavy (non-hydrogen) atoms. The number of ether oxygens (including phenoxy) is 2. The van der Waals surface area contributed by atoms with E-state index in [9.17, 15) is 74.4 Å². The molecular formula is C61H80N8O17. The molecule has 0 aliphatic carbocycles. The zero-order valence-corrected chi connectivity index (χ0v) is 48.6. The molecule has 15 atom stereocenters. The molecule has 6 unspecified atom stereocenters. The van der Waals surface area contributed by atoms with Crippen LogP contribution < -0.4 is 36.6 Å². The number of rotatable bonds is 18. The zero-order valence-electron chi connectivity index (χ0n) is 48.6. The molecule has 3 saturated heterocycles. The monoisotopic (exact) mass is 1200 g/mol. The Bertz CT molecular complexity index is 2950. The minimum atomic E-state index is -2.29. The molecular weight excluding hydrogens is 1120 g/mol. The van der Waals surface area contributed by atoms with Gasteiger partial charge in [-0.15, -0.1) is 0 Å². The van der Waals surface area contributed by atoms with E-state index in [1.165, 1.54) is 43.3 Å². The number of aliphatic hydroxyl groups excluding tert-OH is 7. The minimum Gasteiger partial charge on any atom is -0.508 e. The molecule has 7 rings (SSSR count). The molecule has 3 fully saturated rings. The van der Waals surface area contributed by atoms with Crippen LogP contribution in [0.25, 0.3) is 22.3 Å². The highest BCUT2D eigenvalue weighted by atomic mass is 16.5. The quantitative estimate of drug-likeness (QED) is 0.0549. The predicted molar refractivity (Wildman–Crippen MR) is 311 cm³/mol. The van der Waals surface area contributed by atoms with E-state index in [1.54, 1.807) is 19.2 Å². The molecule has 7 amide bonds. The summed E-state index contributed by atoms with van der Waals surface area (Å²) in [6.07, 6.45) is -12.6. The van der Waals surface area contributed by atoms with Gasteiger partial charge in [-0.1, -0.05) is 87.4 Å². The molecule has 466 valence electrons. The van der Waals surface area contributed by atoms with Crippen molar-refractivity contribution in [3.63, 3.8) is 0 Å². The maximum Gasteiger partial charge on any atom is 0.251 e. The number of hydrogen-bond donors (Lipinski definition) is 14. The number of benzene rings is 4. The number of hydrogen-bond acceptors (Lipinski definition) is 18. The van der Waals surface area contributed by atoms with Crippen molar-refractivity contribution in [3.8, 4) is 33.8 Å². The second-order valence-corrected chi connectivity index (χ2v) is 22.2. The van der Waals surface area contributed by atoms with Gasteiger partial charge < -0.3 is 92.0 Å². The van der Waals surface area contributed by atoms with E-state index >= 15 is 0 Å². The van der Waals surface area contributed by atoms with E-state index in [4.69, 9.17) is 9.47 Å². The summed E-state index contributed by atoms with van der Waals surface area (Å²) in [5.41, 5.74) is 3.46. The predicted octanol–water partition coefficient (Wildman–Crippen LogP) is -0.683. The Hall–Kier alpha value is -7.59. The molecule has 0 saturated carbocycles. The first-order valence-corrected chi connectivity index (χ1v) is 28.9. The van der Waals surface area contributed by atoms with Crippen molar-refractivity contribution < 1.29 is 83.9 Å². The number of amides is 7. The number of aromatic hydroxyl groups is 1. The van der Waals surface area contributed by atoms with E-state index in [2.05, 4.69) is 38.8 Å². The van der Waals surface area contributed by atoms with Gasteiger partial charge in [0.25, 0.3) is 5.91 Å². The summed E-state index contributed by atoms with van der Waals surface area (Å²) in [5, 5.41) is 105. The van der Waals surface area contributed by atoms with Gasteiger partial charge in [0.2, 0.25) is 35.4 Å². The lowest BCUT2D eigenvalue weighted by Gasteiger charge is -2.34. The third kappa shape index (κ3) is 16.3. The summed E-state index contributed by atoms with van der Waals surface area (Å²) in [6.45, 7) is 5.59. The van der Waals surface area contributed by atoms with Crippen LogP contribution in [0.2, 0.25) is 0 Å². The van der Waals surface area contributed by atoms with Crippen molar-refractivity contribution in [2.45, 2.75) is 145 Å². The molecule has 14 N–H and O–H groups in total. The average molecular weight is 1200 g/mol. The van der Waals surface area contributed by atoms with Gasteiger partial charge in [0.15, 0.2) is 6.23 Å². The maximum absolute atomic E-state index is 14.7. The van der Waals surface area contributed by atoms with Crippen molar-refractivity contribution in [2.24, 2.45) is 5.92 Å². The SMILES string of the molecule is CCCCCOc1ccc(-c2ccc(-c3ccc(C(=O)N[C@H]4C[C@@H](O)C(OCCNC)NC(=O)C5[C@@H](O)[C@@H](C)CN5C(=O)C([C@@H](C)O)NC(=O)C([C@H](O)[C@@H](O)c5ccc(O)cc5)NC(=O)C5C[C@@H](O)CN5C(=O)C([C@@H](C)O)NC4=O)cc3)cc2)cc1. The molecule has 0 radical (unpaired) electrons. The standard InChI is InChI=1S/C61H80N8O17/c1-6-7-8-26-85-43-23-19-38(20-24-43)36-11-9-35(10-12-36)37-13-15-40(16-14-37)54(78)63-44-29-46(74)59(86-27-25-62-5)67-58(82)50-51(75)32(2)30-69(50)61(84)48(34(4)71)65-57(81)49(53(77)52(76)39-17-21-41(72)22-18-39)66-56(80)45-28-42(73)31-68(45)60(83)47(33(3)70)64-55(44)79/h9-24,32-34,42,44-53,59,62,70-77H,6-8,25-31H2,1-5H3,(H,63,78)(H,64,79)(H,65,81)(H,66,80)(H,67,82)/t32-,33+,34+,42+,44-,45?,46+,47?,48?,49?,50?,51-,52-,53-,59?/m0/s1. The molecule has 3 heterocycles. The lowest BCUT2D eigenvalue weighted by Crippen LogP contribution is -2.64. The fourth-order valence-electron chi connectivity index (χ4n) is 10.7. The van der Waals surface area contributed by atoms with Crippen molar-refractivity contribution in [1.29, 1.82) is 0 Å². The highest BCUT2D eigenvalue weighted by molar-refractivity contribution is 6.00. The second kappa shape index (κ2) is 30.2. The van der Waals surface area contributed by atoms with Crippen LogP contribution in [0.5, 0.6) is 11.5 Å². The van der Waals surface area contributed by atoms with E-state index in [0.29, 0.717) is 6.61 Å². The Kier molecular flexibility index (Phi) is 23.1. The highest BCUT2D eigenvalue weighted by Crippen LogP contribution is 2.30. The Morgan fingerprint density at radius 3 is 1.77 bits per heavy atom. The number of phenolic OH excluding ortho intramolecular Hbond substituents is 1. The van der Waals surface area contributed by atoms with Crippen molar-refractivity contribution in [2.75, 3.05) is 39.9 Å². The van der Waals surface area contributed by atoms with Gasteiger partial charge in [0.1, 0.15) is 66.1 Å². The van der Waals surface area contributed by atoms with Crippen LogP contribution in [0.1, 0.15) is 81.8 Å². The van der Waals surface area contributed by atoms with Gasteiger partial charge in [-0.25, -0.2) is 0 Å². The number of unbranched alkanes of at least 4 members (excludes halogenated alkanes) is 2. The van der Waals surface area contributed by atoms with Crippen molar-refractivity contribution in [1.82, 2.24) is 41.7 Å². The molecule has 4 aromatic rings. The summed E-state index contributed by atoms with van der Waals surface area (Å²) < 4.78 is 11.8. The zero-order chi connectivity index (χ0) is 62.5.